The Morgan fingerprint density at radius 3 is 3.00 bits per heavy atom. The number of aromatic amines is 1. The standard InChI is InChI=1S/C12H16N4O.ClH/c1-8(13-2)6-14-12(17)9-4-3-5-11-10(9)7-15-16-11;/h3-5,7-8,13H,6H2,1-2H3,(H,14,17)(H,15,16);1H. The van der Waals surface area contributed by atoms with Crippen LogP contribution in [0.25, 0.3) is 10.9 Å². The number of hydrogen-bond acceptors (Lipinski definition) is 3. The molecule has 1 heterocycles. The highest BCUT2D eigenvalue weighted by Gasteiger charge is 2.11. The van der Waals surface area contributed by atoms with E-state index < -0.39 is 0 Å². The molecule has 0 aliphatic carbocycles. The van der Waals surface area contributed by atoms with Crippen LogP contribution in [0.3, 0.4) is 0 Å². The van der Waals surface area contributed by atoms with Crippen molar-refractivity contribution in [2.24, 2.45) is 0 Å². The summed E-state index contributed by atoms with van der Waals surface area (Å²) in [7, 11) is 1.87. The fourth-order valence-corrected chi connectivity index (χ4v) is 1.61. The Bertz CT molecular complexity index is 526. The molecule has 1 aromatic carbocycles. The average molecular weight is 269 g/mol. The van der Waals surface area contributed by atoms with E-state index in [9.17, 15) is 4.79 Å². The minimum absolute atomic E-state index is 0. The zero-order valence-electron chi connectivity index (χ0n) is 10.4. The fraction of sp³-hybridized carbons (Fsp3) is 0.333. The van der Waals surface area contributed by atoms with Crippen LogP contribution >= 0.6 is 12.4 Å². The number of nitrogens with one attached hydrogen (secondary N) is 3. The van der Waals surface area contributed by atoms with Gasteiger partial charge in [0.1, 0.15) is 0 Å². The molecule has 1 unspecified atom stereocenters. The highest BCUT2D eigenvalue weighted by atomic mass is 35.5. The SMILES string of the molecule is CNC(C)CNC(=O)c1cccc2[nH]ncc12.Cl. The number of halogens is 1. The molecule has 2 aromatic rings. The Morgan fingerprint density at radius 1 is 1.50 bits per heavy atom. The molecule has 1 amide bonds. The number of hydrogen-bond donors (Lipinski definition) is 3. The molecule has 0 bridgehead atoms. The molecule has 18 heavy (non-hydrogen) atoms. The fourth-order valence-electron chi connectivity index (χ4n) is 1.61. The number of amides is 1. The highest BCUT2D eigenvalue weighted by Crippen LogP contribution is 2.15. The first-order chi connectivity index (χ1) is 8.22. The molecule has 98 valence electrons. The van der Waals surface area contributed by atoms with Crippen molar-refractivity contribution in [3.05, 3.63) is 30.0 Å². The summed E-state index contributed by atoms with van der Waals surface area (Å²) >= 11 is 0. The third kappa shape index (κ3) is 3.00. The number of fused-ring (bicyclic) bond motifs is 1. The predicted octanol–water partition coefficient (Wildman–Crippen LogP) is 1.32. The normalized spacial score (nSPS) is 11.9. The first-order valence-electron chi connectivity index (χ1n) is 5.60. The van der Waals surface area contributed by atoms with Crippen LogP contribution in [-0.4, -0.2) is 35.7 Å². The Labute approximate surface area is 112 Å². The van der Waals surface area contributed by atoms with Crippen LogP contribution < -0.4 is 10.6 Å². The Balaban J connectivity index is 0.00000162. The molecule has 0 radical (unpaired) electrons. The van der Waals surface area contributed by atoms with E-state index in [2.05, 4.69) is 20.8 Å². The van der Waals surface area contributed by atoms with Gasteiger partial charge in [0.25, 0.3) is 5.91 Å². The summed E-state index contributed by atoms with van der Waals surface area (Å²) in [4.78, 5) is 12.0. The second-order valence-electron chi connectivity index (χ2n) is 4.04. The lowest BCUT2D eigenvalue weighted by molar-refractivity contribution is 0.0952. The Hall–Kier alpha value is -1.59. The molecular formula is C12H17ClN4O. The number of H-pyrrole nitrogens is 1. The second kappa shape index (κ2) is 6.37. The van der Waals surface area contributed by atoms with Crippen LogP contribution in [0.1, 0.15) is 17.3 Å². The summed E-state index contributed by atoms with van der Waals surface area (Å²) in [5.74, 6) is -0.0703. The van der Waals surface area contributed by atoms with Gasteiger partial charge in [-0.1, -0.05) is 6.07 Å². The first kappa shape index (κ1) is 14.5. The Kier molecular flexibility index (Phi) is 5.12. The van der Waals surface area contributed by atoms with Gasteiger partial charge in [0.05, 0.1) is 17.3 Å². The number of rotatable bonds is 4. The maximum absolute atomic E-state index is 12.0. The molecule has 0 spiro atoms. The van der Waals surface area contributed by atoms with E-state index in [-0.39, 0.29) is 24.4 Å². The summed E-state index contributed by atoms with van der Waals surface area (Å²) in [6, 6.07) is 5.80. The van der Waals surface area contributed by atoms with Gasteiger partial charge in [-0.2, -0.15) is 5.10 Å². The first-order valence-corrected chi connectivity index (χ1v) is 5.60. The van der Waals surface area contributed by atoms with E-state index in [1.165, 1.54) is 0 Å². The number of nitrogens with zero attached hydrogens (tertiary/aromatic N) is 1. The smallest absolute Gasteiger partial charge is 0.252 e. The van der Waals surface area contributed by atoms with Gasteiger partial charge in [0.2, 0.25) is 0 Å². The van der Waals surface area contributed by atoms with Gasteiger partial charge in [-0.15, -0.1) is 12.4 Å². The van der Waals surface area contributed by atoms with Gasteiger partial charge in [-0.3, -0.25) is 9.89 Å². The molecule has 2 rings (SSSR count). The summed E-state index contributed by atoms with van der Waals surface area (Å²) in [6.07, 6.45) is 1.67. The summed E-state index contributed by atoms with van der Waals surface area (Å²) < 4.78 is 0. The van der Waals surface area contributed by atoms with Crippen molar-refractivity contribution in [1.29, 1.82) is 0 Å². The van der Waals surface area contributed by atoms with Gasteiger partial charge in [0.15, 0.2) is 0 Å². The number of benzene rings is 1. The molecule has 3 N–H and O–H groups in total. The molecule has 1 atom stereocenters. The number of aromatic nitrogens is 2. The van der Waals surface area contributed by atoms with Crippen LogP contribution in [-0.2, 0) is 0 Å². The maximum atomic E-state index is 12.0. The van der Waals surface area contributed by atoms with Crippen molar-refractivity contribution in [1.82, 2.24) is 20.8 Å². The predicted molar refractivity (Wildman–Crippen MR) is 74.2 cm³/mol. The van der Waals surface area contributed by atoms with Crippen molar-refractivity contribution in [3.63, 3.8) is 0 Å². The lowest BCUT2D eigenvalue weighted by Gasteiger charge is -2.11. The lowest BCUT2D eigenvalue weighted by atomic mass is 10.1. The van der Waals surface area contributed by atoms with Gasteiger partial charge < -0.3 is 10.6 Å². The minimum Gasteiger partial charge on any atom is -0.350 e. The molecule has 0 aliphatic heterocycles. The van der Waals surface area contributed by atoms with E-state index in [4.69, 9.17) is 0 Å². The second-order valence-corrected chi connectivity index (χ2v) is 4.04. The van der Waals surface area contributed by atoms with E-state index in [0.29, 0.717) is 12.1 Å². The summed E-state index contributed by atoms with van der Waals surface area (Å²) in [6.45, 7) is 2.61. The number of carbonyl (C=O) groups is 1. The molecule has 0 aliphatic rings. The quantitative estimate of drug-likeness (QED) is 0.783. The topological polar surface area (TPSA) is 69.8 Å². The molecular weight excluding hydrogens is 252 g/mol. The van der Waals surface area contributed by atoms with Gasteiger partial charge >= 0.3 is 0 Å². The van der Waals surface area contributed by atoms with Gasteiger partial charge in [-0.05, 0) is 26.1 Å². The van der Waals surface area contributed by atoms with E-state index in [1.807, 2.05) is 26.1 Å². The molecule has 0 fully saturated rings. The third-order valence-corrected chi connectivity index (χ3v) is 2.79. The molecule has 5 nitrogen and oxygen atoms in total. The van der Waals surface area contributed by atoms with E-state index in [1.54, 1.807) is 12.3 Å². The van der Waals surface area contributed by atoms with Crippen LogP contribution in [0.5, 0.6) is 0 Å². The van der Waals surface area contributed by atoms with Crippen molar-refractivity contribution in [3.8, 4) is 0 Å². The van der Waals surface area contributed by atoms with Crippen LogP contribution in [0.15, 0.2) is 24.4 Å². The largest absolute Gasteiger partial charge is 0.350 e. The average Bonchev–Trinajstić information content (AvgIpc) is 2.83. The summed E-state index contributed by atoms with van der Waals surface area (Å²) in [5, 5.41) is 13.6. The van der Waals surface area contributed by atoms with Gasteiger partial charge in [-0.25, -0.2) is 0 Å². The minimum atomic E-state index is -0.0703. The number of carbonyl (C=O) groups excluding carboxylic acids is 1. The monoisotopic (exact) mass is 268 g/mol. The van der Waals surface area contributed by atoms with E-state index in [0.717, 1.165) is 10.9 Å². The van der Waals surface area contributed by atoms with Crippen LogP contribution in [0.4, 0.5) is 0 Å². The summed E-state index contributed by atoms with van der Waals surface area (Å²) in [5.41, 5.74) is 1.53. The molecule has 6 heteroatoms. The van der Waals surface area contributed by atoms with Crippen molar-refractivity contribution in [2.75, 3.05) is 13.6 Å². The van der Waals surface area contributed by atoms with Crippen molar-refractivity contribution < 1.29 is 4.79 Å². The van der Waals surface area contributed by atoms with Crippen LogP contribution in [0, 0.1) is 0 Å². The zero-order valence-corrected chi connectivity index (χ0v) is 11.2. The van der Waals surface area contributed by atoms with Gasteiger partial charge in [0, 0.05) is 18.0 Å². The Morgan fingerprint density at radius 2 is 2.28 bits per heavy atom. The molecule has 0 saturated carbocycles. The van der Waals surface area contributed by atoms with E-state index >= 15 is 0 Å². The van der Waals surface area contributed by atoms with Crippen molar-refractivity contribution in [2.45, 2.75) is 13.0 Å². The lowest BCUT2D eigenvalue weighted by Crippen LogP contribution is -2.37. The molecule has 1 aromatic heterocycles. The zero-order chi connectivity index (χ0) is 12.3. The van der Waals surface area contributed by atoms with Crippen molar-refractivity contribution >= 4 is 29.2 Å². The number of likely N-dealkylation sites (N-methyl/N-ethyl adjacent to an activating group) is 1. The highest BCUT2D eigenvalue weighted by molar-refractivity contribution is 6.06. The third-order valence-electron chi connectivity index (χ3n) is 2.79. The maximum Gasteiger partial charge on any atom is 0.252 e. The van der Waals surface area contributed by atoms with Crippen LogP contribution in [0.2, 0.25) is 0 Å². The molecule has 0 saturated heterocycles.